The van der Waals surface area contributed by atoms with E-state index in [0.29, 0.717) is 0 Å². The molecule has 0 bridgehead atoms. The number of halogens is 1. The van der Waals surface area contributed by atoms with Crippen LogP contribution < -0.4 is 5.32 Å². The Morgan fingerprint density at radius 1 is 1.42 bits per heavy atom. The monoisotopic (exact) mass is 223 g/mol. The maximum Gasteiger partial charge on any atom is 0.0520 e. The second-order valence-corrected chi connectivity index (χ2v) is 4.54. The molecule has 1 heterocycles. The van der Waals surface area contributed by atoms with E-state index in [0.717, 1.165) is 11.8 Å². The first kappa shape index (κ1) is 6.96. The van der Waals surface area contributed by atoms with Crippen LogP contribution in [-0.4, -0.2) is 6.54 Å². The third-order valence-electron chi connectivity index (χ3n) is 2.91. The zero-order valence-electron chi connectivity index (χ0n) is 6.68. The smallest absolute Gasteiger partial charge is 0.0520 e. The molecular formula is C10H10BrN. The summed E-state index contributed by atoms with van der Waals surface area (Å²) < 4.78 is 1.21. The fourth-order valence-corrected chi connectivity index (χ4v) is 2.65. The van der Waals surface area contributed by atoms with Crippen molar-refractivity contribution in [1.82, 2.24) is 0 Å². The van der Waals surface area contributed by atoms with Crippen molar-refractivity contribution in [1.29, 1.82) is 0 Å². The van der Waals surface area contributed by atoms with Crippen LogP contribution in [0.2, 0.25) is 0 Å². The number of fused-ring (bicyclic) bond motifs is 3. The summed E-state index contributed by atoms with van der Waals surface area (Å²) in [5, 5.41) is 3.48. The molecule has 0 amide bonds. The first-order valence-electron chi connectivity index (χ1n) is 4.38. The minimum atomic E-state index is 0.860. The van der Waals surface area contributed by atoms with Crippen molar-refractivity contribution in [2.24, 2.45) is 5.92 Å². The van der Waals surface area contributed by atoms with Crippen LogP contribution in [-0.2, 0) is 0 Å². The van der Waals surface area contributed by atoms with E-state index in [1.54, 1.807) is 0 Å². The van der Waals surface area contributed by atoms with Gasteiger partial charge in [0.2, 0.25) is 0 Å². The number of para-hydroxylation sites is 1. The molecule has 1 fully saturated rings. The molecule has 0 radical (unpaired) electrons. The molecule has 1 aliphatic heterocycles. The van der Waals surface area contributed by atoms with Crippen molar-refractivity contribution in [2.75, 3.05) is 11.9 Å². The van der Waals surface area contributed by atoms with Gasteiger partial charge in [0.15, 0.2) is 0 Å². The van der Waals surface area contributed by atoms with Crippen LogP contribution in [0.5, 0.6) is 0 Å². The Morgan fingerprint density at radius 2 is 2.33 bits per heavy atom. The SMILES string of the molecule is Brc1cccc2c1NC[C@@H]1C[C@@H]21. The highest BCUT2D eigenvalue weighted by molar-refractivity contribution is 9.10. The van der Waals surface area contributed by atoms with E-state index in [1.807, 2.05) is 0 Å². The van der Waals surface area contributed by atoms with E-state index in [4.69, 9.17) is 0 Å². The predicted octanol–water partition coefficient (Wildman–Crippen LogP) is 2.98. The first-order valence-corrected chi connectivity index (χ1v) is 5.18. The summed E-state index contributed by atoms with van der Waals surface area (Å²) in [4.78, 5) is 0. The molecule has 0 unspecified atom stereocenters. The summed E-state index contributed by atoms with van der Waals surface area (Å²) in [6.07, 6.45) is 1.39. The molecular weight excluding hydrogens is 214 g/mol. The van der Waals surface area contributed by atoms with Gasteiger partial charge in [0.1, 0.15) is 0 Å². The zero-order valence-corrected chi connectivity index (χ0v) is 8.26. The van der Waals surface area contributed by atoms with Crippen molar-refractivity contribution in [3.63, 3.8) is 0 Å². The van der Waals surface area contributed by atoms with Gasteiger partial charge >= 0.3 is 0 Å². The fourth-order valence-electron chi connectivity index (χ4n) is 2.12. The lowest BCUT2D eigenvalue weighted by Gasteiger charge is -2.18. The van der Waals surface area contributed by atoms with Crippen LogP contribution in [0, 0.1) is 5.92 Å². The summed E-state index contributed by atoms with van der Waals surface area (Å²) in [6.45, 7) is 1.17. The minimum absolute atomic E-state index is 0.860. The Kier molecular flexibility index (Phi) is 1.31. The van der Waals surface area contributed by atoms with E-state index in [2.05, 4.69) is 39.4 Å². The van der Waals surface area contributed by atoms with Gasteiger partial charge in [-0.15, -0.1) is 0 Å². The lowest BCUT2D eigenvalue weighted by molar-refractivity contribution is 0.815. The van der Waals surface area contributed by atoms with Crippen LogP contribution >= 0.6 is 15.9 Å². The number of benzene rings is 1. The molecule has 62 valence electrons. The number of rotatable bonds is 0. The third-order valence-corrected chi connectivity index (χ3v) is 3.57. The zero-order chi connectivity index (χ0) is 8.13. The molecule has 0 aromatic heterocycles. The highest BCUT2D eigenvalue weighted by Crippen LogP contribution is 2.53. The van der Waals surface area contributed by atoms with Gasteiger partial charge in [-0.2, -0.15) is 0 Å². The second-order valence-electron chi connectivity index (χ2n) is 3.69. The predicted molar refractivity (Wildman–Crippen MR) is 53.5 cm³/mol. The van der Waals surface area contributed by atoms with E-state index in [9.17, 15) is 0 Å². The van der Waals surface area contributed by atoms with Crippen LogP contribution in [0.1, 0.15) is 17.9 Å². The Morgan fingerprint density at radius 3 is 3.25 bits per heavy atom. The minimum Gasteiger partial charge on any atom is -0.384 e. The normalized spacial score (nSPS) is 30.1. The average Bonchev–Trinajstić information content (AvgIpc) is 2.83. The molecule has 1 aromatic rings. The lowest BCUT2D eigenvalue weighted by atomic mass is 10.0. The van der Waals surface area contributed by atoms with Crippen LogP contribution in [0.25, 0.3) is 0 Å². The molecule has 3 rings (SSSR count). The van der Waals surface area contributed by atoms with Crippen LogP contribution in [0.15, 0.2) is 22.7 Å². The van der Waals surface area contributed by atoms with Crippen molar-refractivity contribution >= 4 is 21.6 Å². The topological polar surface area (TPSA) is 12.0 Å². The number of anilines is 1. The summed E-state index contributed by atoms with van der Waals surface area (Å²) in [6, 6.07) is 6.48. The Labute approximate surface area is 80.3 Å². The van der Waals surface area contributed by atoms with Gasteiger partial charge in [0.25, 0.3) is 0 Å². The Balaban J connectivity index is 2.18. The summed E-state index contributed by atoms with van der Waals surface area (Å²) in [5.74, 6) is 1.78. The maximum atomic E-state index is 3.57. The van der Waals surface area contributed by atoms with Crippen LogP contribution in [0.3, 0.4) is 0 Å². The van der Waals surface area contributed by atoms with Gasteiger partial charge in [0.05, 0.1) is 5.69 Å². The van der Waals surface area contributed by atoms with Gasteiger partial charge in [-0.3, -0.25) is 0 Å². The molecule has 1 aliphatic carbocycles. The highest BCUT2D eigenvalue weighted by atomic mass is 79.9. The highest BCUT2D eigenvalue weighted by Gasteiger charge is 2.42. The van der Waals surface area contributed by atoms with E-state index >= 15 is 0 Å². The number of nitrogens with one attached hydrogen (secondary N) is 1. The number of hydrogen-bond acceptors (Lipinski definition) is 1. The summed E-state index contributed by atoms with van der Waals surface area (Å²) in [7, 11) is 0. The Hall–Kier alpha value is -0.500. The Bertz CT molecular complexity index is 335. The molecule has 2 aliphatic rings. The molecule has 2 heteroatoms. The molecule has 1 aromatic carbocycles. The first-order chi connectivity index (χ1) is 5.86. The average molecular weight is 224 g/mol. The molecule has 1 N–H and O–H groups in total. The van der Waals surface area contributed by atoms with E-state index < -0.39 is 0 Å². The lowest BCUT2D eigenvalue weighted by Crippen LogP contribution is -2.11. The van der Waals surface area contributed by atoms with Gasteiger partial charge in [-0.1, -0.05) is 12.1 Å². The molecule has 2 atom stereocenters. The van der Waals surface area contributed by atoms with Gasteiger partial charge in [0, 0.05) is 11.0 Å². The van der Waals surface area contributed by atoms with Crippen molar-refractivity contribution in [3.05, 3.63) is 28.2 Å². The standard InChI is InChI=1S/C10H10BrN/c11-9-3-1-2-7-8-4-6(8)5-12-10(7)9/h1-3,6,8,12H,4-5H2/t6-,8+/m0/s1. The van der Waals surface area contributed by atoms with Crippen LogP contribution in [0.4, 0.5) is 5.69 Å². The quantitative estimate of drug-likeness (QED) is 0.714. The summed E-state index contributed by atoms with van der Waals surface area (Å²) in [5.41, 5.74) is 2.84. The third kappa shape index (κ3) is 0.845. The molecule has 1 nitrogen and oxygen atoms in total. The fraction of sp³-hybridized carbons (Fsp3) is 0.400. The molecule has 12 heavy (non-hydrogen) atoms. The van der Waals surface area contributed by atoms with Gasteiger partial charge < -0.3 is 5.32 Å². The van der Waals surface area contributed by atoms with Crippen molar-refractivity contribution in [3.8, 4) is 0 Å². The summed E-state index contributed by atoms with van der Waals surface area (Å²) >= 11 is 3.57. The molecule has 0 spiro atoms. The molecule has 1 saturated carbocycles. The van der Waals surface area contributed by atoms with Crippen molar-refractivity contribution in [2.45, 2.75) is 12.3 Å². The van der Waals surface area contributed by atoms with E-state index in [1.165, 1.54) is 28.7 Å². The maximum absolute atomic E-state index is 3.57. The van der Waals surface area contributed by atoms with Gasteiger partial charge in [-0.25, -0.2) is 0 Å². The largest absolute Gasteiger partial charge is 0.384 e. The van der Waals surface area contributed by atoms with Crippen molar-refractivity contribution < 1.29 is 0 Å². The molecule has 0 saturated heterocycles. The van der Waals surface area contributed by atoms with Gasteiger partial charge in [-0.05, 0) is 45.8 Å². The number of hydrogen-bond donors (Lipinski definition) is 1. The second kappa shape index (κ2) is 2.25. The van der Waals surface area contributed by atoms with E-state index in [-0.39, 0.29) is 0 Å².